The molecule has 0 spiro atoms. The molecule has 1 heterocycles. The van der Waals surface area contributed by atoms with Crippen LogP contribution in [-0.2, 0) is 16.1 Å². The molecular weight excluding hydrogens is 354 g/mol. The molecule has 2 rings (SSSR count). The SMILES string of the molecule is CCCNC(=O)CN(C)CC(=O)NCc1ccc(-c2ccc(Cl)cc2)o1. The van der Waals surface area contributed by atoms with Gasteiger partial charge in [0.1, 0.15) is 11.5 Å². The fraction of sp³-hybridized carbons (Fsp3) is 0.368. The highest BCUT2D eigenvalue weighted by atomic mass is 35.5. The smallest absolute Gasteiger partial charge is 0.234 e. The summed E-state index contributed by atoms with van der Waals surface area (Å²) in [5.74, 6) is 1.13. The normalized spacial score (nSPS) is 10.8. The zero-order valence-corrected chi connectivity index (χ0v) is 15.8. The lowest BCUT2D eigenvalue weighted by molar-refractivity contribution is -0.124. The lowest BCUT2D eigenvalue weighted by atomic mass is 10.2. The van der Waals surface area contributed by atoms with Crippen molar-refractivity contribution >= 4 is 23.4 Å². The molecule has 7 heteroatoms. The molecule has 0 aliphatic heterocycles. The largest absolute Gasteiger partial charge is 0.459 e. The van der Waals surface area contributed by atoms with E-state index >= 15 is 0 Å². The molecule has 1 aromatic carbocycles. The van der Waals surface area contributed by atoms with E-state index in [1.165, 1.54) is 0 Å². The molecule has 0 aliphatic rings. The lowest BCUT2D eigenvalue weighted by Gasteiger charge is -2.15. The van der Waals surface area contributed by atoms with Crippen molar-refractivity contribution in [1.29, 1.82) is 0 Å². The molecule has 2 aromatic rings. The van der Waals surface area contributed by atoms with Crippen LogP contribution in [-0.4, -0.2) is 43.4 Å². The number of amides is 2. The topological polar surface area (TPSA) is 74.6 Å². The van der Waals surface area contributed by atoms with Gasteiger partial charge < -0.3 is 15.1 Å². The van der Waals surface area contributed by atoms with Crippen LogP contribution in [0.15, 0.2) is 40.8 Å². The Kier molecular flexibility index (Phi) is 7.69. The number of nitrogens with zero attached hydrogens (tertiary/aromatic N) is 1. The van der Waals surface area contributed by atoms with Gasteiger partial charge in [-0.2, -0.15) is 0 Å². The summed E-state index contributed by atoms with van der Waals surface area (Å²) < 4.78 is 5.74. The molecule has 0 saturated heterocycles. The molecule has 0 unspecified atom stereocenters. The Balaban J connectivity index is 1.77. The molecule has 2 N–H and O–H groups in total. The predicted octanol–water partition coefficient (Wildman–Crippen LogP) is 2.67. The minimum Gasteiger partial charge on any atom is -0.459 e. The number of hydrogen-bond acceptors (Lipinski definition) is 4. The molecule has 26 heavy (non-hydrogen) atoms. The van der Waals surface area contributed by atoms with Crippen molar-refractivity contribution in [2.75, 3.05) is 26.7 Å². The van der Waals surface area contributed by atoms with Crippen molar-refractivity contribution in [3.63, 3.8) is 0 Å². The first-order valence-electron chi connectivity index (χ1n) is 8.54. The lowest BCUT2D eigenvalue weighted by Crippen LogP contribution is -2.40. The fourth-order valence-corrected chi connectivity index (χ4v) is 2.48. The van der Waals surface area contributed by atoms with Crippen molar-refractivity contribution in [3.05, 3.63) is 47.2 Å². The van der Waals surface area contributed by atoms with Crippen LogP contribution in [0.25, 0.3) is 11.3 Å². The van der Waals surface area contributed by atoms with Crippen LogP contribution >= 0.6 is 11.6 Å². The number of benzene rings is 1. The number of hydrogen-bond donors (Lipinski definition) is 2. The molecule has 0 bridgehead atoms. The van der Waals surface area contributed by atoms with Gasteiger partial charge in [-0.3, -0.25) is 14.5 Å². The van der Waals surface area contributed by atoms with Gasteiger partial charge in [-0.05, 0) is 49.9 Å². The molecule has 2 amide bonds. The number of halogens is 1. The first-order chi connectivity index (χ1) is 12.5. The van der Waals surface area contributed by atoms with Gasteiger partial charge in [0.2, 0.25) is 11.8 Å². The summed E-state index contributed by atoms with van der Waals surface area (Å²) in [6, 6.07) is 11.0. The summed E-state index contributed by atoms with van der Waals surface area (Å²) in [6.07, 6.45) is 0.886. The average molecular weight is 378 g/mol. The van der Waals surface area contributed by atoms with Crippen LogP contribution in [0.1, 0.15) is 19.1 Å². The number of carbonyl (C=O) groups is 2. The molecule has 0 radical (unpaired) electrons. The van der Waals surface area contributed by atoms with Gasteiger partial charge in [0, 0.05) is 17.1 Å². The number of likely N-dealkylation sites (N-methyl/N-ethyl adjacent to an activating group) is 1. The number of rotatable bonds is 9. The van der Waals surface area contributed by atoms with E-state index in [2.05, 4.69) is 10.6 Å². The maximum Gasteiger partial charge on any atom is 0.234 e. The quantitative estimate of drug-likeness (QED) is 0.704. The zero-order chi connectivity index (χ0) is 18.9. The molecule has 0 atom stereocenters. The first-order valence-corrected chi connectivity index (χ1v) is 8.92. The Morgan fingerprint density at radius 2 is 1.69 bits per heavy atom. The van der Waals surface area contributed by atoms with Gasteiger partial charge in [-0.15, -0.1) is 0 Å². The average Bonchev–Trinajstić information content (AvgIpc) is 3.07. The zero-order valence-electron chi connectivity index (χ0n) is 15.0. The molecule has 6 nitrogen and oxygen atoms in total. The van der Waals surface area contributed by atoms with Crippen molar-refractivity contribution in [1.82, 2.24) is 15.5 Å². The van der Waals surface area contributed by atoms with Crippen LogP contribution < -0.4 is 10.6 Å². The number of furan rings is 1. The van der Waals surface area contributed by atoms with Gasteiger partial charge in [-0.25, -0.2) is 0 Å². The standard InChI is InChI=1S/C19H24ClN3O3/c1-3-10-21-18(24)12-23(2)13-19(25)22-11-16-8-9-17(26-16)14-4-6-15(20)7-5-14/h4-9H,3,10-13H2,1-2H3,(H,21,24)(H,22,25). The third-order valence-corrected chi connectivity index (χ3v) is 3.90. The highest BCUT2D eigenvalue weighted by Gasteiger charge is 2.11. The molecule has 1 aromatic heterocycles. The highest BCUT2D eigenvalue weighted by molar-refractivity contribution is 6.30. The number of carbonyl (C=O) groups excluding carboxylic acids is 2. The predicted molar refractivity (Wildman–Crippen MR) is 102 cm³/mol. The monoisotopic (exact) mass is 377 g/mol. The number of nitrogens with one attached hydrogen (secondary N) is 2. The highest BCUT2D eigenvalue weighted by Crippen LogP contribution is 2.23. The Hall–Kier alpha value is -2.31. The summed E-state index contributed by atoms with van der Waals surface area (Å²) in [5.41, 5.74) is 0.921. The maximum atomic E-state index is 12.0. The molecule has 140 valence electrons. The molecular formula is C19H24ClN3O3. The van der Waals surface area contributed by atoms with E-state index < -0.39 is 0 Å². The van der Waals surface area contributed by atoms with E-state index in [1.54, 1.807) is 24.1 Å². The van der Waals surface area contributed by atoms with Crippen molar-refractivity contribution in [2.24, 2.45) is 0 Å². The van der Waals surface area contributed by atoms with Gasteiger partial charge in [0.15, 0.2) is 0 Å². The fourth-order valence-electron chi connectivity index (χ4n) is 2.35. The van der Waals surface area contributed by atoms with Gasteiger partial charge in [0.05, 0.1) is 19.6 Å². The summed E-state index contributed by atoms with van der Waals surface area (Å²) in [4.78, 5) is 25.3. The Morgan fingerprint density at radius 3 is 2.35 bits per heavy atom. The third-order valence-electron chi connectivity index (χ3n) is 3.65. The van der Waals surface area contributed by atoms with E-state index in [9.17, 15) is 9.59 Å². The van der Waals surface area contributed by atoms with Gasteiger partial charge >= 0.3 is 0 Å². The Morgan fingerprint density at radius 1 is 1.04 bits per heavy atom. The van der Waals surface area contributed by atoms with E-state index in [0.29, 0.717) is 23.9 Å². The first kappa shape index (κ1) is 20.0. The van der Waals surface area contributed by atoms with Gasteiger partial charge in [0.25, 0.3) is 0 Å². The van der Waals surface area contributed by atoms with Crippen molar-refractivity contribution < 1.29 is 14.0 Å². The van der Waals surface area contributed by atoms with Crippen molar-refractivity contribution in [2.45, 2.75) is 19.9 Å². The van der Waals surface area contributed by atoms with E-state index in [0.717, 1.165) is 17.7 Å². The van der Waals surface area contributed by atoms with Crippen molar-refractivity contribution in [3.8, 4) is 11.3 Å². The summed E-state index contributed by atoms with van der Waals surface area (Å²) in [6.45, 7) is 3.26. The Bertz CT molecular complexity index is 728. The maximum absolute atomic E-state index is 12.0. The van der Waals surface area contributed by atoms with Crippen LogP contribution in [0, 0.1) is 0 Å². The van der Waals surface area contributed by atoms with Crippen LogP contribution in [0.2, 0.25) is 5.02 Å². The van der Waals surface area contributed by atoms with Crippen LogP contribution in [0.4, 0.5) is 0 Å². The second kappa shape index (κ2) is 9.99. The van der Waals surface area contributed by atoms with Crippen LogP contribution in [0.5, 0.6) is 0 Å². The molecule has 0 aliphatic carbocycles. The van der Waals surface area contributed by atoms with Gasteiger partial charge in [-0.1, -0.05) is 18.5 Å². The molecule has 0 saturated carbocycles. The Labute approximate surface area is 158 Å². The second-order valence-corrected chi connectivity index (χ2v) is 6.51. The minimum atomic E-state index is -0.166. The summed E-state index contributed by atoms with van der Waals surface area (Å²) in [5, 5.41) is 6.24. The van der Waals surface area contributed by atoms with E-state index in [-0.39, 0.29) is 24.9 Å². The molecule has 0 fully saturated rings. The summed E-state index contributed by atoms with van der Waals surface area (Å²) >= 11 is 5.88. The van der Waals surface area contributed by atoms with E-state index in [4.69, 9.17) is 16.0 Å². The minimum absolute atomic E-state index is 0.0826. The second-order valence-electron chi connectivity index (χ2n) is 6.07. The van der Waals surface area contributed by atoms with Crippen LogP contribution in [0.3, 0.4) is 0 Å². The third kappa shape index (κ3) is 6.54. The van der Waals surface area contributed by atoms with E-state index in [1.807, 2.05) is 31.2 Å². The summed E-state index contributed by atoms with van der Waals surface area (Å²) in [7, 11) is 1.73.